The van der Waals surface area contributed by atoms with E-state index in [-0.39, 0.29) is 30.3 Å². The first kappa shape index (κ1) is 30.9. The van der Waals surface area contributed by atoms with Gasteiger partial charge in [-0.2, -0.15) is 5.26 Å². The summed E-state index contributed by atoms with van der Waals surface area (Å²) in [6, 6.07) is 16.7. The summed E-state index contributed by atoms with van der Waals surface area (Å²) < 4.78 is 11.8. The van der Waals surface area contributed by atoms with E-state index in [2.05, 4.69) is 15.6 Å². The number of benzene rings is 3. The normalized spacial score (nSPS) is 12.6. The summed E-state index contributed by atoms with van der Waals surface area (Å²) >= 11 is 19.4. The van der Waals surface area contributed by atoms with Crippen molar-refractivity contribution in [2.45, 2.75) is 32.0 Å². The topological polar surface area (TPSA) is 147 Å². The molecular formula is C31H23Cl3N4O6. The highest BCUT2D eigenvalue weighted by molar-refractivity contribution is 6.39. The van der Waals surface area contributed by atoms with E-state index in [4.69, 9.17) is 54.0 Å². The van der Waals surface area contributed by atoms with Crippen LogP contribution in [-0.4, -0.2) is 34.9 Å². The Morgan fingerprint density at radius 3 is 2.55 bits per heavy atom. The van der Waals surface area contributed by atoms with Crippen LogP contribution in [0.4, 0.5) is 0 Å². The Balaban J connectivity index is 1.24. The van der Waals surface area contributed by atoms with Crippen LogP contribution in [0.5, 0.6) is 5.75 Å². The molecular weight excluding hydrogens is 631 g/mol. The molecule has 4 aromatic rings. The molecule has 224 valence electrons. The zero-order valence-electron chi connectivity index (χ0n) is 22.9. The predicted octanol–water partition coefficient (Wildman–Crippen LogP) is 6.99. The standard InChI is InChI=1S/C31H23Cl3N4O6/c32-24-2-1-3-25(33)28(24)29-23(30(44-38-29)17-4-5-17)16-42-22-9-8-20(26(34)11-22)13-37-43-15-21-10-18(6-7-19(21)12-35)31(41)36-14-27(39)40/h1-3,6-11,13,17H,4-5,14-16H2,(H,36,41)(H,39,40). The Hall–Kier alpha value is -4.56. The van der Waals surface area contributed by atoms with Crippen molar-refractivity contribution in [2.75, 3.05) is 6.54 Å². The van der Waals surface area contributed by atoms with Crippen molar-refractivity contribution in [1.29, 1.82) is 5.26 Å². The average Bonchev–Trinajstić information content (AvgIpc) is 3.77. The molecule has 1 aliphatic carbocycles. The number of amides is 1. The smallest absolute Gasteiger partial charge is 0.322 e. The Kier molecular flexibility index (Phi) is 9.70. The van der Waals surface area contributed by atoms with E-state index >= 15 is 0 Å². The highest BCUT2D eigenvalue weighted by Gasteiger charge is 2.33. The Bertz CT molecular complexity index is 1780. The first-order valence-corrected chi connectivity index (χ1v) is 14.4. The van der Waals surface area contributed by atoms with Gasteiger partial charge in [-0.1, -0.05) is 51.2 Å². The first-order valence-electron chi connectivity index (χ1n) is 13.3. The molecule has 0 bridgehead atoms. The summed E-state index contributed by atoms with van der Waals surface area (Å²) in [7, 11) is 0. The number of hydrogen-bond acceptors (Lipinski definition) is 8. The number of carbonyl (C=O) groups excluding carboxylic acids is 1. The summed E-state index contributed by atoms with van der Waals surface area (Å²) in [5.74, 6) is -0.224. The number of carbonyl (C=O) groups is 2. The maximum atomic E-state index is 12.2. The van der Waals surface area contributed by atoms with Crippen molar-refractivity contribution in [3.8, 4) is 23.1 Å². The summed E-state index contributed by atoms with van der Waals surface area (Å²) in [5.41, 5.74) is 3.33. The van der Waals surface area contributed by atoms with E-state index < -0.39 is 18.4 Å². The third-order valence-corrected chi connectivity index (χ3v) is 7.65. The Morgan fingerprint density at radius 1 is 1.09 bits per heavy atom. The quantitative estimate of drug-likeness (QED) is 0.123. The molecule has 10 nitrogen and oxygen atoms in total. The van der Waals surface area contributed by atoms with E-state index in [0.29, 0.717) is 43.2 Å². The van der Waals surface area contributed by atoms with Gasteiger partial charge in [0.2, 0.25) is 0 Å². The monoisotopic (exact) mass is 652 g/mol. The number of aromatic nitrogens is 1. The molecule has 0 aliphatic heterocycles. The van der Waals surface area contributed by atoms with Gasteiger partial charge in [0.15, 0.2) is 0 Å². The van der Waals surface area contributed by atoms with Crippen molar-refractivity contribution in [1.82, 2.24) is 10.5 Å². The van der Waals surface area contributed by atoms with Crippen LogP contribution in [0.25, 0.3) is 11.3 Å². The molecule has 1 fully saturated rings. The maximum Gasteiger partial charge on any atom is 0.322 e. The van der Waals surface area contributed by atoms with Gasteiger partial charge < -0.3 is 24.5 Å². The van der Waals surface area contributed by atoms with Gasteiger partial charge in [-0.05, 0) is 61.4 Å². The summed E-state index contributed by atoms with van der Waals surface area (Å²) in [6.07, 6.45) is 3.42. The van der Waals surface area contributed by atoms with Crippen LogP contribution < -0.4 is 10.1 Å². The molecule has 0 atom stereocenters. The predicted molar refractivity (Wildman–Crippen MR) is 163 cm³/mol. The Morgan fingerprint density at radius 2 is 1.86 bits per heavy atom. The lowest BCUT2D eigenvalue weighted by atomic mass is 10.0. The van der Waals surface area contributed by atoms with Crippen molar-refractivity contribution < 1.29 is 28.8 Å². The third-order valence-electron chi connectivity index (χ3n) is 6.70. The average molecular weight is 654 g/mol. The minimum atomic E-state index is -1.17. The number of halogens is 3. The molecule has 2 N–H and O–H groups in total. The largest absolute Gasteiger partial charge is 0.489 e. The fraction of sp³-hybridized carbons (Fsp3) is 0.194. The second-order valence-corrected chi connectivity index (χ2v) is 11.0. The van der Waals surface area contributed by atoms with Gasteiger partial charge >= 0.3 is 5.97 Å². The zero-order valence-corrected chi connectivity index (χ0v) is 25.1. The molecule has 0 saturated heterocycles. The van der Waals surface area contributed by atoms with Crippen LogP contribution in [-0.2, 0) is 22.8 Å². The number of rotatable bonds is 12. The molecule has 0 unspecified atom stereocenters. The van der Waals surface area contributed by atoms with E-state index in [0.717, 1.165) is 24.2 Å². The molecule has 1 heterocycles. The number of carboxylic acids is 1. The lowest BCUT2D eigenvalue weighted by Gasteiger charge is -2.10. The molecule has 3 aromatic carbocycles. The number of hydrogen-bond donors (Lipinski definition) is 2. The van der Waals surface area contributed by atoms with Crippen molar-refractivity contribution in [2.24, 2.45) is 5.16 Å². The van der Waals surface area contributed by atoms with Crippen LogP contribution in [0.2, 0.25) is 15.1 Å². The second kappa shape index (κ2) is 13.8. The van der Waals surface area contributed by atoms with Crippen LogP contribution in [0, 0.1) is 11.3 Å². The molecule has 0 radical (unpaired) electrons. The van der Waals surface area contributed by atoms with E-state index in [1.165, 1.54) is 24.4 Å². The number of nitriles is 1. The van der Waals surface area contributed by atoms with Crippen molar-refractivity contribution in [3.63, 3.8) is 0 Å². The zero-order chi connectivity index (χ0) is 31.2. The summed E-state index contributed by atoms with van der Waals surface area (Å²) in [6.45, 7) is -0.480. The number of oxime groups is 1. The van der Waals surface area contributed by atoms with Gasteiger partial charge in [0.1, 0.15) is 37.0 Å². The van der Waals surface area contributed by atoms with Gasteiger partial charge in [-0.15, -0.1) is 0 Å². The highest BCUT2D eigenvalue weighted by atomic mass is 35.5. The number of nitrogens with zero attached hydrogens (tertiary/aromatic N) is 3. The minimum absolute atomic E-state index is 0.113. The number of aliphatic carboxylic acids is 1. The first-order chi connectivity index (χ1) is 21.2. The molecule has 5 rings (SSSR count). The minimum Gasteiger partial charge on any atom is -0.489 e. The van der Waals surface area contributed by atoms with Crippen LogP contribution in [0.3, 0.4) is 0 Å². The molecule has 1 amide bonds. The number of nitrogens with one attached hydrogen (secondary N) is 1. The van der Waals surface area contributed by atoms with Gasteiger partial charge in [-0.25, -0.2) is 0 Å². The van der Waals surface area contributed by atoms with E-state index in [9.17, 15) is 14.9 Å². The van der Waals surface area contributed by atoms with Gasteiger partial charge in [0, 0.05) is 28.2 Å². The molecule has 0 spiro atoms. The van der Waals surface area contributed by atoms with Gasteiger partial charge in [0.05, 0.1) is 38.5 Å². The molecule has 1 saturated carbocycles. The summed E-state index contributed by atoms with van der Waals surface area (Å²) in [5, 5.41) is 29.9. The lowest BCUT2D eigenvalue weighted by molar-refractivity contribution is -0.135. The van der Waals surface area contributed by atoms with Gasteiger partial charge in [0.25, 0.3) is 5.91 Å². The fourth-order valence-electron chi connectivity index (χ4n) is 4.33. The van der Waals surface area contributed by atoms with Gasteiger partial charge in [-0.3, -0.25) is 9.59 Å². The number of ether oxygens (including phenoxy) is 1. The summed E-state index contributed by atoms with van der Waals surface area (Å²) in [4.78, 5) is 28.3. The Labute approximate surface area is 266 Å². The number of carboxylic acid groups (broad SMARTS) is 1. The van der Waals surface area contributed by atoms with E-state index in [1.54, 1.807) is 36.4 Å². The SMILES string of the molecule is N#Cc1ccc(C(=O)NCC(=O)O)cc1CON=Cc1ccc(OCc2c(-c3c(Cl)cccc3Cl)noc2C2CC2)cc1Cl. The highest BCUT2D eigenvalue weighted by Crippen LogP contribution is 2.46. The van der Waals surface area contributed by atoms with Crippen LogP contribution >= 0.6 is 34.8 Å². The van der Waals surface area contributed by atoms with Crippen LogP contribution in [0.15, 0.2) is 64.3 Å². The third kappa shape index (κ3) is 7.32. The molecule has 44 heavy (non-hydrogen) atoms. The van der Waals surface area contributed by atoms with Crippen molar-refractivity contribution >= 4 is 52.9 Å². The lowest BCUT2D eigenvalue weighted by Crippen LogP contribution is -2.29. The van der Waals surface area contributed by atoms with Crippen LogP contribution in [0.1, 0.15) is 57.1 Å². The molecule has 1 aromatic heterocycles. The van der Waals surface area contributed by atoms with Crippen molar-refractivity contribution in [3.05, 3.63) is 103 Å². The second-order valence-electron chi connectivity index (χ2n) is 9.79. The van der Waals surface area contributed by atoms with E-state index in [1.807, 2.05) is 6.07 Å². The molecule has 13 heteroatoms. The maximum absolute atomic E-state index is 12.2. The fourth-order valence-corrected chi connectivity index (χ4v) is 5.12. The molecule has 1 aliphatic rings.